The van der Waals surface area contributed by atoms with Crippen LogP contribution in [0, 0.1) is 19.8 Å². The lowest BCUT2D eigenvalue weighted by Crippen LogP contribution is -2.32. The van der Waals surface area contributed by atoms with Gasteiger partial charge in [-0.2, -0.15) is 5.10 Å². The van der Waals surface area contributed by atoms with Crippen molar-refractivity contribution in [1.82, 2.24) is 15.2 Å². The third kappa shape index (κ3) is 5.31. The summed E-state index contributed by atoms with van der Waals surface area (Å²) in [4.78, 5) is 17.1. The van der Waals surface area contributed by atoms with Gasteiger partial charge < -0.3 is 4.74 Å². The molecule has 0 spiro atoms. The molecular formula is C25H27Br2N3O2. The van der Waals surface area contributed by atoms with E-state index in [1.165, 1.54) is 0 Å². The monoisotopic (exact) mass is 559 g/mol. The van der Waals surface area contributed by atoms with E-state index in [2.05, 4.69) is 59.2 Å². The van der Waals surface area contributed by atoms with Crippen molar-refractivity contribution in [2.75, 3.05) is 0 Å². The average Bonchev–Trinajstić information content (AvgIpc) is 3.23. The zero-order chi connectivity index (χ0) is 22.7. The molecule has 1 unspecified atom stereocenters. The molecule has 1 fully saturated rings. The third-order valence-corrected chi connectivity index (χ3v) is 9.52. The predicted octanol–water partition coefficient (Wildman–Crippen LogP) is 7.25. The van der Waals surface area contributed by atoms with Crippen molar-refractivity contribution in [3.05, 3.63) is 71.2 Å². The molecule has 1 aliphatic rings. The number of pyridine rings is 1. The van der Waals surface area contributed by atoms with Crippen LogP contribution in [0.15, 0.2) is 48.8 Å². The maximum Gasteiger partial charge on any atom is 0.219 e. The van der Waals surface area contributed by atoms with Crippen molar-refractivity contribution in [3.63, 3.8) is 0 Å². The van der Waals surface area contributed by atoms with Crippen LogP contribution in [-0.4, -0.2) is 25.3 Å². The van der Waals surface area contributed by atoms with Gasteiger partial charge in [0.05, 0.1) is 16.6 Å². The lowest BCUT2D eigenvalue weighted by atomic mass is 9.77. The van der Waals surface area contributed by atoms with Crippen LogP contribution in [0.4, 0.5) is 0 Å². The molecule has 0 aliphatic heterocycles. The van der Waals surface area contributed by atoms with Crippen LogP contribution in [0.2, 0.25) is 0 Å². The number of aromatic nitrogens is 3. The highest BCUT2D eigenvalue weighted by molar-refractivity contribution is 9.12. The molecule has 3 aromatic rings. The smallest absolute Gasteiger partial charge is 0.219 e. The van der Waals surface area contributed by atoms with Crippen molar-refractivity contribution in [2.24, 2.45) is 5.92 Å². The van der Waals surface area contributed by atoms with Crippen LogP contribution in [0.5, 0.6) is 11.6 Å². The number of alkyl halides is 2. The highest BCUT2D eigenvalue weighted by atomic mass is 79.9. The molecule has 4 rings (SSSR count). The van der Waals surface area contributed by atoms with E-state index in [0.29, 0.717) is 18.2 Å². The molecule has 2 heterocycles. The van der Waals surface area contributed by atoms with Crippen LogP contribution >= 0.6 is 31.9 Å². The molecule has 1 saturated carbocycles. The summed E-state index contributed by atoms with van der Waals surface area (Å²) in [6.07, 6.45) is 8.05. The second-order valence-electron chi connectivity index (χ2n) is 8.72. The van der Waals surface area contributed by atoms with Gasteiger partial charge in [0.1, 0.15) is 5.75 Å². The van der Waals surface area contributed by atoms with Gasteiger partial charge in [-0.3, -0.25) is 9.89 Å². The Bertz CT molecular complexity index is 1070. The van der Waals surface area contributed by atoms with Gasteiger partial charge in [-0.1, -0.05) is 50.1 Å². The largest absolute Gasteiger partial charge is 0.439 e. The van der Waals surface area contributed by atoms with Crippen molar-refractivity contribution in [1.29, 1.82) is 0 Å². The van der Waals surface area contributed by atoms with Gasteiger partial charge in [0, 0.05) is 28.7 Å². The van der Waals surface area contributed by atoms with Gasteiger partial charge in [-0.15, -0.1) is 0 Å². The number of halogens is 2. The first kappa shape index (κ1) is 23.2. The Hall–Kier alpha value is -1.99. The Balaban J connectivity index is 1.38. The van der Waals surface area contributed by atoms with E-state index in [1.54, 1.807) is 12.4 Å². The molecular weight excluding hydrogens is 534 g/mol. The first-order valence-electron chi connectivity index (χ1n) is 10.9. The van der Waals surface area contributed by atoms with E-state index in [0.717, 1.165) is 53.8 Å². The standard InChI is InChI=1S/C25H27Br2N3O2/c1-16-6-7-23(28-14-16)32-20-5-3-4-19(13-20)24(26)25(27)10-8-18(9-11-25)12-22(31)21-15-29-30-17(21)2/h3-7,13-15,18,24H,8-12H2,1-2H3,(H,29,30). The van der Waals surface area contributed by atoms with E-state index in [9.17, 15) is 4.79 Å². The molecule has 0 bridgehead atoms. The Morgan fingerprint density at radius 1 is 1.22 bits per heavy atom. The number of hydrogen-bond acceptors (Lipinski definition) is 4. The molecule has 5 nitrogen and oxygen atoms in total. The molecule has 0 radical (unpaired) electrons. The zero-order valence-electron chi connectivity index (χ0n) is 18.3. The second-order valence-corrected chi connectivity index (χ2v) is 11.2. The van der Waals surface area contributed by atoms with Crippen LogP contribution in [0.1, 0.15) is 64.1 Å². The second kappa shape index (κ2) is 9.87. The molecule has 2 aromatic heterocycles. The molecule has 1 N–H and O–H groups in total. The number of nitrogens with zero attached hydrogens (tertiary/aromatic N) is 2. The van der Waals surface area contributed by atoms with Crippen LogP contribution in [-0.2, 0) is 0 Å². The quantitative estimate of drug-likeness (QED) is 0.244. The van der Waals surface area contributed by atoms with Gasteiger partial charge >= 0.3 is 0 Å². The fraction of sp³-hybridized carbons (Fsp3) is 0.400. The minimum atomic E-state index is -0.0567. The number of ketones is 1. The highest BCUT2D eigenvalue weighted by Crippen LogP contribution is 2.51. The Labute approximate surface area is 205 Å². The number of aryl methyl sites for hydroxylation is 2. The SMILES string of the molecule is Cc1ccc(Oc2cccc(C(Br)C3(Br)CCC(CC(=O)c4cn[nH]c4C)CC3)c2)nc1. The fourth-order valence-electron chi connectivity index (χ4n) is 4.29. The summed E-state index contributed by atoms with van der Waals surface area (Å²) in [7, 11) is 0. The molecule has 0 saturated heterocycles. The van der Waals surface area contributed by atoms with Gasteiger partial charge in [0.15, 0.2) is 5.78 Å². The van der Waals surface area contributed by atoms with Gasteiger partial charge in [-0.05, 0) is 68.7 Å². The van der Waals surface area contributed by atoms with Gasteiger partial charge in [0.2, 0.25) is 5.88 Å². The summed E-state index contributed by atoms with van der Waals surface area (Å²) in [6, 6.07) is 12.0. The minimum Gasteiger partial charge on any atom is -0.439 e. The number of hydrogen-bond donors (Lipinski definition) is 1. The maximum atomic E-state index is 12.6. The summed E-state index contributed by atoms with van der Waals surface area (Å²) < 4.78 is 5.90. The van der Waals surface area contributed by atoms with Crippen molar-refractivity contribution >= 4 is 37.6 Å². The van der Waals surface area contributed by atoms with Gasteiger partial charge in [0.25, 0.3) is 0 Å². The number of aromatic amines is 1. The van der Waals surface area contributed by atoms with Crippen LogP contribution < -0.4 is 4.74 Å². The number of carbonyl (C=O) groups is 1. The topological polar surface area (TPSA) is 67.9 Å². The molecule has 0 amide bonds. The number of benzene rings is 1. The average molecular weight is 561 g/mol. The number of carbonyl (C=O) groups excluding carboxylic acids is 1. The first-order valence-corrected chi connectivity index (χ1v) is 12.6. The van der Waals surface area contributed by atoms with E-state index in [-0.39, 0.29) is 14.9 Å². The Kier molecular flexibility index (Phi) is 7.15. The number of H-pyrrole nitrogens is 1. The number of Topliss-reactive ketones (excluding diaryl/α,β-unsaturated/α-hetero) is 1. The maximum absolute atomic E-state index is 12.6. The highest BCUT2D eigenvalue weighted by Gasteiger charge is 2.40. The summed E-state index contributed by atoms with van der Waals surface area (Å²) in [5, 5.41) is 6.84. The third-order valence-electron chi connectivity index (χ3n) is 6.25. The van der Waals surface area contributed by atoms with E-state index in [4.69, 9.17) is 4.74 Å². The van der Waals surface area contributed by atoms with Crippen molar-refractivity contribution in [2.45, 2.75) is 55.1 Å². The van der Waals surface area contributed by atoms with Crippen LogP contribution in [0.25, 0.3) is 0 Å². The molecule has 1 aromatic carbocycles. The number of rotatable bonds is 7. The van der Waals surface area contributed by atoms with Crippen molar-refractivity contribution in [3.8, 4) is 11.6 Å². The number of nitrogens with one attached hydrogen (secondary N) is 1. The zero-order valence-corrected chi connectivity index (χ0v) is 21.4. The molecule has 7 heteroatoms. The van der Waals surface area contributed by atoms with E-state index < -0.39 is 0 Å². The number of ether oxygens (including phenoxy) is 1. The summed E-state index contributed by atoms with van der Waals surface area (Å²) in [6.45, 7) is 3.90. The summed E-state index contributed by atoms with van der Waals surface area (Å²) in [5.41, 5.74) is 3.84. The first-order chi connectivity index (χ1) is 15.3. The molecule has 32 heavy (non-hydrogen) atoms. The minimum absolute atomic E-state index is 0.0567. The summed E-state index contributed by atoms with van der Waals surface area (Å²) in [5.74, 6) is 1.96. The lowest BCUT2D eigenvalue weighted by molar-refractivity contribution is 0.0945. The fourth-order valence-corrected chi connectivity index (χ4v) is 5.75. The normalized spacial score (nSPS) is 21.8. The Morgan fingerprint density at radius 2 is 2.00 bits per heavy atom. The molecule has 1 atom stereocenters. The van der Waals surface area contributed by atoms with Crippen molar-refractivity contribution < 1.29 is 9.53 Å². The lowest BCUT2D eigenvalue weighted by Gasteiger charge is -2.39. The summed E-state index contributed by atoms with van der Waals surface area (Å²) >= 11 is 7.99. The van der Waals surface area contributed by atoms with Gasteiger partial charge in [-0.25, -0.2) is 4.98 Å². The van der Waals surface area contributed by atoms with E-state index >= 15 is 0 Å². The predicted molar refractivity (Wildman–Crippen MR) is 133 cm³/mol. The molecule has 1 aliphatic carbocycles. The molecule has 168 valence electrons. The Morgan fingerprint density at radius 3 is 2.66 bits per heavy atom. The van der Waals surface area contributed by atoms with Crippen LogP contribution in [0.3, 0.4) is 0 Å². The van der Waals surface area contributed by atoms with E-state index in [1.807, 2.05) is 38.1 Å².